The van der Waals surface area contributed by atoms with Crippen molar-refractivity contribution in [1.29, 1.82) is 0 Å². The monoisotopic (exact) mass is 182 g/mol. The van der Waals surface area contributed by atoms with Crippen molar-refractivity contribution < 1.29 is 4.79 Å². The molecule has 0 aliphatic carbocycles. The van der Waals surface area contributed by atoms with Gasteiger partial charge in [-0.3, -0.25) is 4.79 Å². The fourth-order valence-corrected chi connectivity index (χ4v) is 2.03. The van der Waals surface area contributed by atoms with Gasteiger partial charge in [0, 0.05) is 11.6 Å². The van der Waals surface area contributed by atoms with Crippen LogP contribution < -0.4 is 5.32 Å². The molecular weight excluding hydrogens is 172 g/mol. The van der Waals surface area contributed by atoms with E-state index in [1.54, 1.807) is 6.20 Å². The molecule has 0 bridgehead atoms. The van der Waals surface area contributed by atoms with Gasteiger partial charge in [-0.25, -0.2) is 4.98 Å². The molecule has 0 amide bonds. The Bertz CT molecular complexity index is 265. The van der Waals surface area contributed by atoms with E-state index in [1.165, 1.54) is 11.3 Å². The zero-order chi connectivity index (χ0) is 8.39. The number of hydrogen-bond donors (Lipinski definition) is 1. The highest BCUT2D eigenvalue weighted by Crippen LogP contribution is 2.13. The third-order valence-corrected chi connectivity index (χ3v) is 2.81. The Morgan fingerprint density at radius 2 is 2.67 bits per heavy atom. The Labute approximate surface area is 74.8 Å². The molecule has 1 aliphatic rings. The van der Waals surface area contributed by atoms with Crippen LogP contribution in [0.5, 0.6) is 0 Å². The third-order valence-electron chi connectivity index (χ3n) is 2.02. The van der Waals surface area contributed by atoms with Crippen molar-refractivity contribution in [3.63, 3.8) is 0 Å². The second kappa shape index (κ2) is 3.33. The SMILES string of the molecule is O=C(c1nccs1)C1CCCN1. The molecule has 64 valence electrons. The number of carbonyl (C=O) groups excluding carboxylic acids is 1. The fraction of sp³-hybridized carbons (Fsp3) is 0.500. The molecule has 1 atom stereocenters. The van der Waals surface area contributed by atoms with Crippen LogP contribution in [-0.2, 0) is 0 Å². The summed E-state index contributed by atoms with van der Waals surface area (Å²) in [6, 6.07) is 0.0242. The molecule has 1 unspecified atom stereocenters. The van der Waals surface area contributed by atoms with Crippen LogP contribution >= 0.6 is 11.3 Å². The molecule has 1 fully saturated rings. The first-order valence-electron chi connectivity index (χ1n) is 4.05. The molecule has 1 aromatic heterocycles. The van der Waals surface area contributed by atoms with Crippen molar-refractivity contribution in [1.82, 2.24) is 10.3 Å². The van der Waals surface area contributed by atoms with Crippen molar-refractivity contribution in [2.24, 2.45) is 0 Å². The highest BCUT2D eigenvalue weighted by Gasteiger charge is 2.24. The first-order chi connectivity index (χ1) is 5.88. The predicted octanol–water partition coefficient (Wildman–Crippen LogP) is 1.08. The minimum atomic E-state index is 0.0242. The van der Waals surface area contributed by atoms with E-state index in [2.05, 4.69) is 10.3 Å². The van der Waals surface area contributed by atoms with E-state index in [1.807, 2.05) is 5.38 Å². The zero-order valence-corrected chi connectivity index (χ0v) is 7.43. The molecule has 1 N–H and O–H groups in total. The Morgan fingerprint density at radius 1 is 1.75 bits per heavy atom. The summed E-state index contributed by atoms with van der Waals surface area (Å²) in [5.74, 6) is 0.155. The summed E-state index contributed by atoms with van der Waals surface area (Å²) in [7, 11) is 0. The summed E-state index contributed by atoms with van der Waals surface area (Å²) < 4.78 is 0. The molecule has 1 saturated heterocycles. The lowest BCUT2D eigenvalue weighted by Crippen LogP contribution is -2.30. The van der Waals surface area contributed by atoms with Crippen molar-refractivity contribution in [3.05, 3.63) is 16.6 Å². The normalized spacial score (nSPS) is 22.8. The minimum Gasteiger partial charge on any atom is -0.307 e. The maximum Gasteiger partial charge on any atom is 0.208 e. The predicted molar refractivity (Wildman–Crippen MR) is 47.5 cm³/mol. The van der Waals surface area contributed by atoms with Gasteiger partial charge in [-0.05, 0) is 19.4 Å². The summed E-state index contributed by atoms with van der Waals surface area (Å²) in [5.41, 5.74) is 0. The van der Waals surface area contributed by atoms with Crippen molar-refractivity contribution in [2.75, 3.05) is 6.54 Å². The molecule has 12 heavy (non-hydrogen) atoms. The number of aromatic nitrogens is 1. The first kappa shape index (κ1) is 7.89. The average molecular weight is 182 g/mol. The van der Waals surface area contributed by atoms with E-state index < -0.39 is 0 Å². The summed E-state index contributed by atoms with van der Waals surface area (Å²) in [4.78, 5) is 15.6. The zero-order valence-electron chi connectivity index (χ0n) is 6.62. The van der Waals surface area contributed by atoms with Gasteiger partial charge >= 0.3 is 0 Å². The molecule has 0 saturated carbocycles. The van der Waals surface area contributed by atoms with Gasteiger partial charge in [-0.1, -0.05) is 0 Å². The van der Waals surface area contributed by atoms with Crippen LogP contribution in [0.4, 0.5) is 0 Å². The lowest BCUT2D eigenvalue weighted by atomic mass is 10.1. The van der Waals surface area contributed by atoms with Crippen LogP contribution in [0.2, 0.25) is 0 Å². The van der Waals surface area contributed by atoms with Gasteiger partial charge < -0.3 is 5.32 Å². The molecule has 2 heterocycles. The van der Waals surface area contributed by atoms with E-state index in [-0.39, 0.29) is 11.8 Å². The molecule has 4 heteroatoms. The van der Waals surface area contributed by atoms with Gasteiger partial charge in [0.15, 0.2) is 5.01 Å². The number of Topliss-reactive ketones (excluding diaryl/α,β-unsaturated/α-hetero) is 1. The molecule has 1 aliphatic heterocycles. The summed E-state index contributed by atoms with van der Waals surface area (Å²) >= 11 is 1.42. The average Bonchev–Trinajstić information content (AvgIpc) is 2.77. The minimum absolute atomic E-state index is 0.0242. The second-order valence-corrected chi connectivity index (χ2v) is 3.75. The fourth-order valence-electron chi connectivity index (χ4n) is 1.40. The Kier molecular flexibility index (Phi) is 2.19. The smallest absolute Gasteiger partial charge is 0.208 e. The lowest BCUT2D eigenvalue weighted by molar-refractivity contribution is 0.0952. The van der Waals surface area contributed by atoms with Gasteiger partial charge in [-0.15, -0.1) is 11.3 Å². The Balaban J connectivity index is 2.09. The quantitative estimate of drug-likeness (QED) is 0.696. The Hall–Kier alpha value is -0.740. The number of carbonyl (C=O) groups is 1. The summed E-state index contributed by atoms with van der Waals surface area (Å²) in [5, 5.41) is 5.63. The van der Waals surface area contributed by atoms with E-state index >= 15 is 0 Å². The number of nitrogens with zero attached hydrogens (tertiary/aromatic N) is 1. The molecule has 2 rings (SSSR count). The van der Waals surface area contributed by atoms with Gasteiger partial charge in [0.25, 0.3) is 0 Å². The second-order valence-electron chi connectivity index (χ2n) is 2.85. The number of hydrogen-bond acceptors (Lipinski definition) is 4. The molecule has 0 radical (unpaired) electrons. The lowest BCUT2D eigenvalue weighted by Gasteiger charge is -2.04. The Morgan fingerprint density at radius 3 is 3.25 bits per heavy atom. The van der Waals surface area contributed by atoms with E-state index in [0.29, 0.717) is 5.01 Å². The number of rotatable bonds is 2. The van der Waals surface area contributed by atoms with Crippen LogP contribution in [-0.4, -0.2) is 23.4 Å². The number of nitrogens with one attached hydrogen (secondary N) is 1. The van der Waals surface area contributed by atoms with E-state index in [4.69, 9.17) is 0 Å². The van der Waals surface area contributed by atoms with Gasteiger partial charge in [0.1, 0.15) is 0 Å². The van der Waals surface area contributed by atoms with Crippen molar-refractivity contribution >= 4 is 17.1 Å². The highest BCUT2D eigenvalue weighted by atomic mass is 32.1. The van der Waals surface area contributed by atoms with Crippen molar-refractivity contribution in [2.45, 2.75) is 18.9 Å². The summed E-state index contributed by atoms with van der Waals surface area (Å²) in [6.45, 7) is 0.960. The topological polar surface area (TPSA) is 42.0 Å². The van der Waals surface area contributed by atoms with Crippen LogP contribution in [0.25, 0.3) is 0 Å². The maximum absolute atomic E-state index is 11.6. The molecule has 0 aromatic carbocycles. The van der Waals surface area contributed by atoms with Gasteiger partial charge in [0.05, 0.1) is 6.04 Å². The van der Waals surface area contributed by atoms with E-state index in [9.17, 15) is 4.79 Å². The van der Waals surface area contributed by atoms with Crippen LogP contribution in [0, 0.1) is 0 Å². The van der Waals surface area contributed by atoms with Crippen LogP contribution in [0.3, 0.4) is 0 Å². The first-order valence-corrected chi connectivity index (χ1v) is 4.93. The molecule has 3 nitrogen and oxygen atoms in total. The van der Waals surface area contributed by atoms with E-state index in [0.717, 1.165) is 19.4 Å². The number of thiazole rings is 1. The van der Waals surface area contributed by atoms with Gasteiger partial charge in [0.2, 0.25) is 5.78 Å². The molecule has 0 spiro atoms. The summed E-state index contributed by atoms with van der Waals surface area (Å²) in [6.07, 6.45) is 3.73. The highest BCUT2D eigenvalue weighted by molar-refractivity contribution is 7.11. The third kappa shape index (κ3) is 1.40. The maximum atomic E-state index is 11.6. The van der Waals surface area contributed by atoms with Crippen LogP contribution in [0.1, 0.15) is 22.6 Å². The number of ketones is 1. The molecule has 1 aromatic rings. The van der Waals surface area contributed by atoms with Gasteiger partial charge in [-0.2, -0.15) is 0 Å². The van der Waals surface area contributed by atoms with Crippen molar-refractivity contribution in [3.8, 4) is 0 Å². The largest absolute Gasteiger partial charge is 0.307 e. The van der Waals surface area contributed by atoms with Crippen LogP contribution in [0.15, 0.2) is 11.6 Å². The standard InChI is InChI=1S/C8H10N2OS/c11-7(6-2-1-3-9-6)8-10-4-5-12-8/h4-6,9H,1-3H2. The molecular formula is C8H10N2OS.